The number of para-hydroxylation sites is 1. The average molecular weight is 451 g/mol. The Morgan fingerprint density at radius 3 is 2.68 bits per heavy atom. The van der Waals surface area contributed by atoms with Crippen LogP contribution in [0.4, 0.5) is 0 Å². The Bertz CT molecular complexity index is 711. The summed E-state index contributed by atoms with van der Waals surface area (Å²) in [5.41, 5.74) is 1.70. The number of nitrogens with zero attached hydrogens (tertiary/aromatic N) is 1. The molecule has 3 rings (SSSR count). The molecule has 0 saturated carbocycles. The van der Waals surface area contributed by atoms with Crippen molar-refractivity contribution >= 4 is 28.5 Å². The topological polar surface area (TPSA) is 38.8 Å². The molecule has 1 saturated heterocycles. The maximum Gasteiger partial charge on any atom is 0.254 e. The minimum atomic E-state index is 0.0257. The van der Waals surface area contributed by atoms with E-state index in [1.807, 2.05) is 53.4 Å². The van der Waals surface area contributed by atoms with Crippen molar-refractivity contribution in [2.24, 2.45) is 0 Å². The van der Waals surface area contributed by atoms with Crippen LogP contribution in [0.25, 0.3) is 0 Å². The van der Waals surface area contributed by atoms with Gasteiger partial charge in [0, 0.05) is 34.4 Å². The van der Waals surface area contributed by atoms with Gasteiger partial charge < -0.3 is 14.4 Å². The third kappa shape index (κ3) is 4.73. The average Bonchev–Trinajstić information content (AvgIpc) is 3.15. The van der Waals surface area contributed by atoms with Crippen LogP contribution >= 0.6 is 22.6 Å². The molecule has 4 nitrogen and oxygen atoms in total. The maximum absolute atomic E-state index is 13.1. The fraction of sp³-hybridized carbons (Fsp3) is 0.350. The van der Waals surface area contributed by atoms with E-state index in [0.717, 1.165) is 34.3 Å². The smallest absolute Gasteiger partial charge is 0.254 e. The molecule has 0 bridgehead atoms. The molecule has 1 unspecified atom stereocenters. The number of benzene rings is 2. The van der Waals surface area contributed by atoms with Gasteiger partial charge in [0.1, 0.15) is 5.75 Å². The Hall–Kier alpha value is -1.60. The molecule has 1 amide bonds. The molecule has 1 heterocycles. The summed E-state index contributed by atoms with van der Waals surface area (Å²) in [4.78, 5) is 14.9. The number of rotatable bonds is 6. The van der Waals surface area contributed by atoms with Crippen molar-refractivity contribution in [2.45, 2.75) is 25.5 Å². The van der Waals surface area contributed by atoms with Crippen molar-refractivity contribution in [3.8, 4) is 5.75 Å². The van der Waals surface area contributed by atoms with Gasteiger partial charge >= 0.3 is 0 Å². The molecule has 1 aliphatic heterocycles. The lowest BCUT2D eigenvalue weighted by Crippen LogP contribution is -2.37. The number of carbonyl (C=O) groups is 1. The van der Waals surface area contributed by atoms with Crippen LogP contribution in [0.3, 0.4) is 0 Å². The van der Waals surface area contributed by atoms with Gasteiger partial charge in [-0.15, -0.1) is 0 Å². The zero-order chi connectivity index (χ0) is 17.6. The standard InChI is InChI=1S/C20H22INO3/c1-24-19-7-3-2-5-16(19)13-22(14-18-6-4-12-25-18)20(23)15-8-10-17(21)11-9-15/h2-3,5,7-11,18H,4,6,12-14H2,1H3. The van der Waals surface area contributed by atoms with E-state index in [1.165, 1.54) is 0 Å². The normalized spacial score (nSPS) is 16.6. The summed E-state index contributed by atoms with van der Waals surface area (Å²) in [7, 11) is 1.66. The van der Waals surface area contributed by atoms with Gasteiger partial charge in [0.05, 0.1) is 13.2 Å². The van der Waals surface area contributed by atoms with Crippen LogP contribution in [0, 0.1) is 3.57 Å². The zero-order valence-electron chi connectivity index (χ0n) is 14.3. The summed E-state index contributed by atoms with van der Waals surface area (Å²) in [5.74, 6) is 0.827. The molecule has 2 aromatic rings. The van der Waals surface area contributed by atoms with Crippen LogP contribution < -0.4 is 4.74 Å². The second-order valence-corrected chi connectivity index (χ2v) is 7.39. The fourth-order valence-corrected chi connectivity index (χ4v) is 3.43. The number of halogens is 1. The molecule has 0 radical (unpaired) electrons. The summed E-state index contributed by atoms with van der Waals surface area (Å²) >= 11 is 2.24. The molecule has 25 heavy (non-hydrogen) atoms. The van der Waals surface area contributed by atoms with Gasteiger partial charge in [-0.2, -0.15) is 0 Å². The van der Waals surface area contributed by atoms with Crippen LogP contribution in [0.2, 0.25) is 0 Å². The minimum absolute atomic E-state index is 0.0257. The summed E-state index contributed by atoms with van der Waals surface area (Å²) in [6, 6.07) is 15.5. The molecular formula is C20H22INO3. The van der Waals surface area contributed by atoms with Crippen LogP contribution in [-0.2, 0) is 11.3 Å². The van der Waals surface area contributed by atoms with E-state index in [9.17, 15) is 4.79 Å². The summed E-state index contributed by atoms with van der Waals surface area (Å²) in [6.07, 6.45) is 2.18. The maximum atomic E-state index is 13.1. The first-order chi connectivity index (χ1) is 12.2. The first-order valence-corrected chi connectivity index (χ1v) is 9.53. The van der Waals surface area contributed by atoms with Crippen molar-refractivity contribution in [1.29, 1.82) is 0 Å². The lowest BCUT2D eigenvalue weighted by Gasteiger charge is -2.26. The summed E-state index contributed by atoms with van der Waals surface area (Å²) < 4.78 is 12.3. The van der Waals surface area contributed by atoms with Gasteiger partial charge in [0.15, 0.2) is 0 Å². The molecule has 5 heteroatoms. The minimum Gasteiger partial charge on any atom is -0.496 e. The van der Waals surface area contributed by atoms with E-state index in [0.29, 0.717) is 18.7 Å². The van der Waals surface area contributed by atoms with Crippen LogP contribution in [0.15, 0.2) is 48.5 Å². The Balaban J connectivity index is 1.83. The molecule has 0 aliphatic carbocycles. The van der Waals surface area contributed by atoms with E-state index in [4.69, 9.17) is 9.47 Å². The van der Waals surface area contributed by atoms with E-state index in [-0.39, 0.29) is 12.0 Å². The summed E-state index contributed by atoms with van der Waals surface area (Å²) in [6.45, 7) is 1.89. The number of methoxy groups -OCH3 is 1. The molecule has 132 valence electrons. The second kappa shape index (κ2) is 8.67. The predicted molar refractivity (Wildman–Crippen MR) is 106 cm³/mol. The third-order valence-electron chi connectivity index (χ3n) is 4.38. The quantitative estimate of drug-likeness (QED) is 0.621. The molecule has 2 aromatic carbocycles. The number of hydrogen-bond acceptors (Lipinski definition) is 3. The lowest BCUT2D eigenvalue weighted by molar-refractivity contribution is 0.0505. The van der Waals surface area contributed by atoms with Gasteiger partial charge in [-0.25, -0.2) is 0 Å². The third-order valence-corrected chi connectivity index (χ3v) is 5.10. The van der Waals surface area contributed by atoms with Gasteiger partial charge in [-0.05, 0) is 65.8 Å². The zero-order valence-corrected chi connectivity index (χ0v) is 16.4. The first kappa shape index (κ1) is 18.2. The van der Waals surface area contributed by atoms with Crippen molar-refractivity contribution in [3.63, 3.8) is 0 Å². The van der Waals surface area contributed by atoms with Crippen LogP contribution in [0.1, 0.15) is 28.8 Å². The Labute approximate surface area is 162 Å². The highest BCUT2D eigenvalue weighted by molar-refractivity contribution is 14.1. The van der Waals surface area contributed by atoms with Gasteiger partial charge in [0.25, 0.3) is 5.91 Å². The largest absolute Gasteiger partial charge is 0.496 e. The van der Waals surface area contributed by atoms with Crippen molar-refractivity contribution in [3.05, 3.63) is 63.2 Å². The molecule has 0 aromatic heterocycles. The first-order valence-electron chi connectivity index (χ1n) is 8.45. The highest BCUT2D eigenvalue weighted by Gasteiger charge is 2.24. The van der Waals surface area contributed by atoms with E-state index in [2.05, 4.69) is 22.6 Å². The van der Waals surface area contributed by atoms with Crippen molar-refractivity contribution < 1.29 is 14.3 Å². The van der Waals surface area contributed by atoms with E-state index < -0.39 is 0 Å². The SMILES string of the molecule is COc1ccccc1CN(CC1CCCO1)C(=O)c1ccc(I)cc1. The van der Waals surface area contributed by atoms with Gasteiger partial charge in [-0.3, -0.25) is 4.79 Å². The Morgan fingerprint density at radius 2 is 2.00 bits per heavy atom. The molecular weight excluding hydrogens is 429 g/mol. The molecule has 1 aliphatic rings. The number of amides is 1. The monoisotopic (exact) mass is 451 g/mol. The Kier molecular flexibility index (Phi) is 6.31. The predicted octanol–water partition coefficient (Wildman–Crippen LogP) is 4.12. The lowest BCUT2D eigenvalue weighted by atomic mass is 10.1. The van der Waals surface area contributed by atoms with Gasteiger partial charge in [0.2, 0.25) is 0 Å². The highest BCUT2D eigenvalue weighted by atomic mass is 127. The fourth-order valence-electron chi connectivity index (χ4n) is 3.07. The molecule has 0 N–H and O–H groups in total. The highest BCUT2D eigenvalue weighted by Crippen LogP contribution is 2.22. The summed E-state index contributed by atoms with van der Waals surface area (Å²) in [5, 5.41) is 0. The van der Waals surface area contributed by atoms with E-state index >= 15 is 0 Å². The number of carbonyl (C=O) groups excluding carboxylic acids is 1. The Morgan fingerprint density at radius 1 is 1.24 bits per heavy atom. The molecule has 1 atom stereocenters. The number of ether oxygens (including phenoxy) is 2. The molecule has 1 fully saturated rings. The van der Waals surface area contributed by atoms with Crippen molar-refractivity contribution in [2.75, 3.05) is 20.3 Å². The number of hydrogen-bond donors (Lipinski definition) is 0. The van der Waals surface area contributed by atoms with Crippen LogP contribution in [-0.4, -0.2) is 37.2 Å². The molecule has 0 spiro atoms. The van der Waals surface area contributed by atoms with Gasteiger partial charge in [-0.1, -0.05) is 18.2 Å². The van der Waals surface area contributed by atoms with Crippen LogP contribution in [0.5, 0.6) is 5.75 Å². The van der Waals surface area contributed by atoms with Crippen molar-refractivity contribution in [1.82, 2.24) is 4.90 Å². The van der Waals surface area contributed by atoms with E-state index in [1.54, 1.807) is 7.11 Å². The second-order valence-electron chi connectivity index (χ2n) is 6.14.